The van der Waals surface area contributed by atoms with Crippen LogP contribution in [0.3, 0.4) is 0 Å². The molecule has 2 N–H and O–H groups in total. The summed E-state index contributed by atoms with van der Waals surface area (Å²) in [7, 11) is 0. The van der Waals surface area contributed by atoms with E-state index in [1.807, 2.05) is 0 Å². The first-order chi connectivity index (χ1) is 11.8. The number of nitrogens with one attached hydrogen (secondary N) is 2. The van der Waals surface area contributed by atoms with Crippen molar-refractivity contribution in [2.24, 2.45) is 9.98 Å². The molecule has 0 unspecified atom stereocenters. The molecule has 0 amide bonds. The van der Waals surface area contributed by atoms with E-state index in [-0.39, 0.29) is 0 Å². The van der Waals surface area contributed by atoms with E-state index in [2.05, 4.69) is 84.7 Å². The molecule has 24 heavy (non-hydrogen) atoms. The quantitative estimate of drug-likeness (QED) is 0.630. The lowest BCUT2D eigenvalue weighted by Crippen LogP contribution is -2.27. The molecule has 0 aliphatic heterocycles. The van der Waals surface area contributed by atoms with Crippen LogP contribution in [0.1, 0.15) is 38.8 Å². The third-order valence-electron chi connectivity index (χ3n) is 3.74. The van der Waals surface area contributed by atoms with E-state index in [1.165, 1.54) is 10.8 Å². The molecule has 0 spiro atoms. The summed E-state index contributed by atoms with van der Waals surface area (Å²) in [5, 5.41) is 9.22. The summed E-state index contributed by atoms with van der Waals surface area (Å²) >= 11 is 0. The van der Waals surface area contributed by atoms with E-state index < -0.39 is 0 Å². The van der Waals surface area contributed by atoms with Crippen LogP contribution in [0.4, 0.5) is 0 Å². The van der Waals surface area contributed by atoms with Crippen LogP contribution in [0.2, 0.25) is 0 Å². The fourth-order valence-electron chi connectivity index (χ4n) is 2.86. The van der Waals surface area contributed by atoms with Gasteiger partial charge in [-0.25, -0.2) is 0 Å². The first-order valence-corrected chi connectivity index (χ1v) is 8.85. The molecule has 0 radical (unpaired) electrons. The Labute approximate surface area is 145 Å². The third-order valence-corrected chi connectivity index (χ3v) is 3.74. The standard InChI is InChI=1S/C20H28N4/c1-5-21-19(22-6-2)16-13-9-11-15-12-10-14-17(18(15)16)20(23-7-3)24-8-4/h9-14H,5-8H2,1-4H3,(H,21,22)(H,23,24). The first-order valence-electron chi connectivity index (χ1n) is 8.85. The summed E-state index contributed by atoms with van der Waals surface area (Å²) in [6.07, 6.45) is 0. The van der Waals surface area contributed by atoms with E-state index in [9.17, 15) is 0 Å². The predicted molar refractivity (Wildman–Crippen MR) is 105 cm³/mol. The summed E-state index contributed by atoms with van der Waals surface area (Å²) in [6.45, 7) is 11.5. The molecule has 0 saturated heterocycles. The molecule has 0 aliphatic carbocycles. The van der Waals surface area contributed by atoms with Crippen LogP contribution in [-0.2, 0) is 0 Å². The molecule has 0 heterocycles. The summed E-state index contributed by atoms with van der Waals surface area (Å²) in [6, 6.07) is 12.7. The van der Waals surface area contributed by atoms with Gasteiger partial charge in [0.15, 0.2) is 0 Å². The van der Waals surface area contributed by atoms with Crippen LogP contribution in [0.25, 0.3) is 10.8 Å². The SMILES string of the molecule is CCN=C(NCC)c1cccc2cccc(C(=NCC)NCC)c12. The maximum Gasteiger partial charge on any atom is 0.128 e. The van der Waals surface area contributed by atoms with Crippen LogP contribution in [0.15, 0.2) is 46.4 Å². The van der Waals surface area contributed by atoms with E-state index in [1.54, 1.807) is 0 Å². The average Bonchev–Trinajstić information content (AvgIpc) is 2.60. The van der Waals surface area contributed by atoms with Gasteiger partial charge in [0.2, 0.25) is 0 Å². The number of hydrogen-bond acceptors (Lipinski definition) is 2. The van der Waals surface area contributed by atoms with Crippen molar-refractivity contribution in [2.45, 2.75) is 27.7 Å². The highest BCUT2D eigenvalue weighted by atomic mass is 15.0. The Hall–Kier alpha value is -2.36. The van der Waals surface area contributed by atoms with Crippen LogP contribution < -0.4 is 10.6 Å². The van der Waals surface area contributed by atoms with Gasteiger partial charge in [0.05, 0.1) is 0 Å². The zero-order chi connectivity index (χ0) is 17.4. The van der Waals surface area contributed by atoms with Crippen LogP contribution in [0.5, 0.6) is 0 Å². The Bertz CT molecular complexity index is 673. The largest absolute Gasteiger partial charge is 0.370 e. The molecular weight excluding hydrogens is 296 g/mol. The maximum atomic E-state index is 4.67. The fraction of sp³-hybridized carbons (Fsp3) is 0.400. The van der Waals surface area contributed by atoms with Crippen molar-refractivity contribution < 1.29 is 0 Å². The molecule has 0 fully saturated rings. The molecule has 0 bridgehead atoms. The van der Waals surface area contributed by atoms with Gasteiger partial charge in [0.1, 0.15) is 11.7 Å². The molecule has 4 nitrogen and oxygen atoms in total. The Morgan fingerprint density at radius 3 is 1.58 bits per heavy atom. The Morgan fingerprint density at radius 2 is 1.21 bits per heavy atom. The van der Waals surface area contributed by atoms with Crippen molar-refractivity contribution in [3.63, 3.8) is 0 Å². The lowest BCUT2D eigenvalue weighted by molar-refractivity contribution is 0.947. The minimum Gasteiger partial charge on any atom is -0.370 e. The topological polar surface area (TPSA) is 48.8 Å². The molecule has 2 aromatic carbocycles. The second kappa shape index (κ2) is 9.06. The van der Waals surface area contributed by atoms with Crippen LogP contribution in [0, 0.1) is 0 Å². The van der Waals surface area contributed by atoms with Gasteiger partial charge in [-0.05, 0) is 33.1 Å². The third kappa shape index (κ3) is 3.94. The Balaban J connectivity index is 2.74. The van der Waals surface area contributed by atoms with E-state index in [4.69, 9.17) is 0 Å². The van der Waals surface area contributed by atoms with Gasteiger partial charge in [-0.3, -0.25) is 9.98 Å². The van der Waals surface area contributed by atoms with Crippen LogP contribution >= 0.6 is 0 Å². The Morgan fingerprint density at radius 1 is 0.750 bits per heavy atom. The predicted octanol–water partition coefficient (Wildman–Crippen LogP) is 3.59. The normalized spacial score (nSPS) is 12.5. The smallest absolute Gasteiger partial charge is 0.128 e. The summed E-state index contributed by atoms with van der Waals surface area (Å²) < 4.78 is 0. The molecule has 0 atom stereocenters. The number of benzene rings is 2. The van der Waals surface area contributed by atoms with Gasteiger partial charge < -0.3 is 10.6 Å². The highest BCUT2D eigenvalue weighted by Crippen LogP contribution is 2.24. The van der Waals surface area contributed by atoms with Gasteiger partial charge in [-0.2, -0.15) is 0 Å². The highest BCUT2D eigenvalue weighted by Gasteiger charge is 2.14. The highest BCUT2D eigenvalue weighted by molar-refractivity contribution is 6.18. The van der Waals surface area contributed by atoms with Crippen molar-refractivity contribution in [3.8, 4) is 0 Å². The molecule has 4 heteroatoms. The van der Waals surface area contributed by atoms with E-state index >= 15 is 0 Å². The zero-order valence-corrected chi connectivity index (χ0v) is 15.2. The zero-order valence-electron chi connectivity index (χ0n) is 15.2. The molecule has 0 aliphatic rings. The molecule has 2 aromatic rings. The fourth-order valence-corrected chi connectivity index (χ4v) is 2.86. The number of amidine groups is 2. The second-order valence-electron chi connectivity index (χ2n) is 5.42. The molecular formula is C20H28N4. The minimum atomic E-state index is 0.754. The molecule has 128 valence electrons. The number of nitrogens with zero attached hydrogens (tertiary/aromatic N) is 2. The van der Waals surface area contributed by atoms with Gasteiger partial charge in [-0.1, -0.05) is 36.4 Å². The van der Waals surface area contributed by atoms with Gasteiger partial charge in [-0.15, -0.1) is 0 Å². The van der Waals surface area contributed by atoms with Crippen LogP contribution in [-0.4, -0.2) is 37.9 Å². The summed E-state index contributed by atoms with van der Waals surface area (Å²) in [5.41, 5.74) is 2.27. The average molecular weight is 324 g/mol. The van der Waals surface area contributed by atoms with Crippen molar-refractivity contribution in [1.29, 1.82) is 0 Å². The number of aliphatic imine (C=N–C) groups is 2. The first kappa shape index (κ1) is 18.0. The molecule has 2 rings (SSSR count). The monoisotopic (exact) mass is 324 g/mol. The number of fused-ring (bicyclic) bond motifs is 1. The maximum absolute atomic E-state index is 4.67. The second-order valence-corrected chi connectivity index (χ2v) is 5.42. The molecule has 0 aromatic heterocycles. The minimum absolute atomic E-state index is 0.754. The van der Waals surface area contributed by atoms with Gasteiger partial charge in [0.25, 0.3) is 0 Å². The van der Waals surface area contributed by atoms with E-state index in [0.29, 0.717) is 0 Å². The summed E-state index contributed by atoms with van der Waals surface area (Å²) in [4.78, 5) is 9.34. The van der Waals surface area contributed by atoms with Crippen molar-refractivity contribution in [2.75, 3.05) is 26.2 Å². The lowest BCUT2D eigenvalue weighted by Gasteiger charge is -2.16. The number of hydrogen-bond donors (Lipinski definition) is 2. The van der Waals surface area contributed by atoms with Crippen molar-refractivity contribution >= 4 is 22.4 Å². The molecule has 0 saturated carbocycles. The van der Waals surface area contributed by atoms with E-state index in [0.717, 1.165) is 49.0 Å². The van der Waals surface area contributed by atoms with Gasteiger partial charge >= 0.3 is 0 Å². The van der Waals surface area contributed by atoms with Crippen molar-refractivity contribution in [1.82, 2.24) is 10.6 Å². The van der Waals surface area contributed by atoms with Gasteiger partial charge in [0, 0.05) is 42.7 Å². The number of rotatable bonds is 6. The van der Waals surface area contributed by atoms with Crippen molar-refractivity contribution in [3.05, 3.63) is 47.5 Å². The lowest BCUT2D eigenvalue weighted by atomic mass is 9.97. The Kier molecular flexibility index (Phi) is 6.79. The summed E-state index contributed by atoms with van der Waals surface area (Å²) in [5.74, 6) is 1.90.